The van der Waals surface area contributed by atoms with Crippen molar-refractivity contribution >= 4 is 23.5 Å². The molecule has 1 unspecified atom stereocenters. The van der Waals surface area contributed by atoms with Crippen LogP contribution >= 0.6 is 0 Å². The van der Waals surface area contributed by atoms with Crippen molar-refractivity contribution in [2.75, 3.05) is 19.0 Å². The number of methoxy groups -OCH3 is 1. The number of esters is 1. The van der Waals surface area contributed by atoms with Crippen LogP contribution in [0.15, 0.2) is 24.3 Å². The van der Waals surface area contributed by atoms with E-state index in [9.17, 15) is 14.4 Å². The SMILES string of the molecule is COC(=O)c1ccc(NC(=O)C2CCC(=O)NC2)cc1. The van der Waals surface area contributed by atoms with Crippen LogP contribution in [-0.2, 0) is 14.3 Å². The zero-order valence-electron chi connectivity index (χ0n) is 11.1. The third kappa shape index (κ3) is 3.34. The first-order valence-corrected chi connectivity index (χ1v) is 6.36. The van der Waals surface area contributed by atoms with Gasteiger partial charge in [0.15, 0.2) is 0 Å². The highest BCUT2D eigenvalue weighted by atomic mass is 16.5. The third-order valence-electron chi connectivity index (χ3n) is 3.21. The Labute approximate surface area is 116 Å². The summed E-state index contributed by atoms with van der Waals surface area (Å²) in [6.07, 6.45) is 0.928. The molecule has 0 aromatic heterocycles. The molecule has 106 valence electrons. The van der Waals surface area contributed by atoms with Crippen LogP contribution in [0.4, 0.5) is 5.69 Å². The first kappa shape index (κ1) is 14.0. The molecule has 6 heteroatoms. The van der Waals surface area contributed by atoms with Gasteiger partial charge in [0.25, 0.3) is 0 Å². The molecule has 1 aromatic rings. The van der Waals surface area contributed by atoms with Crippen LogP contribution in [0.3, 0.4) is 0 Å². The zero-order valence-corrected chi connectivity index (χ0v) is 11.1. The Morgan fingerprint density at radius 3 is 2.55 bits per heavy atom. The molecule has 1 atom stereocenters. The molecular weight excluding hydrogens is 260 g/mol. The lowest BCUT2D eigenvalue weighted by Crippen LogP contribution is -2.40. The van der Waals surface area contributed by atoms with Gasteiger partial charge in [-0.05, 0) is 30.7 Å². The van der Waals surface area contributed by atoms with E-state index >= 15 is 0 Å². The number of hydrogen-bond acceptors (Lipinski definition) is 4. The van der Waals surface area contributed by atoms with Gasteiger partial charge in [0, 0.05) is 18.7 Å². The fraction of sp³-hybridized carbons (Fsp3) is 0.357. The number of benzene rings is 1. The third-order valence-corrected chi connectivity index (χ3v) is 3.21. The second kappa shape index (κ2) is 6.18. The number of nitrogens with one attached hydrogen (secondary N) is 2. The Hall–Kier alpha value is -2.37. The van der Waals surface area contributed by atoms with Crippen molar-refractivity contribution in [3.05, 3.63) is 29.8 Å². The molecule has 2 rings (SSSR count). The average Bonchev–Trinajstić information content (AvgIpc) is 2.48. The van der Waals surface area contributed by atoms with Crippen LogP contribution in [0.25, 0.3) is 0 Å². The van der Waals surface area contributed by atoms with Crippen LogP contribution < -0.4 is 10.6 Å². The topological polar surface area (TPSA) is 84.5 Å². The van der Waals surface area contributed by atoms with Gasteiger partial charge in [-0.2, -0.15) is 0 Å². The van der Waals surface area contributed by atoms with Crippen molar-refractivity contribution in [2.24, 2.45) is 5.92 Å². The maximum atomic E-state index is 12.0. The number of hydrogen-bond donors (Lipinski definition) is 2. The minimum atomic E-state index is -0.419. The summed E-state index contributed by atoms with van der Waals surface area (Å²) in [4.78, 5) is 34.3. The number of piperidine rings is 1. The van der Waals surface area contributed by atoms with E-state index in [4.69, 9.17) is 0 Å². The summed E-state index contributed by atoms with van der Waals surface area (Å²) < 4.78 is 4.60. The summed E-state index contributed by atoms with van der Waals surface area (Å²) in [7, 11) is 1.31. The van der Waals surface area contributed by atoms with Crippen LogP contribution in [0.5, 0.6) is 0 Å². The van der Waals surface area contributed by atoms with Crippen molar-refractivity contribution in [1.82, 2.24) is 5.32 Å². The predicted molar refractivity (Wildman–Crippen MR) is 72.1 cm³/mol. The predicted octanol–water partition coefficient (Wildman–Crippen LogP) is 0.938. The van der Waals surface area contributed by atoms with E-state index in [0.717, 1.165) is 0 Å². The minimum absolute atomic E-state index is 0.0171. The fourth-order valence-electron chi connectivity index (χ4n) is 2.01. The molecule has 0 bridgehead atoms. The Morgan fingerprint density at radius 1 is 1.30 bits per heavy atom. The van der Waals surface area contributed by atoms with E-state index in [2.05, 4.69) is 15.4 Å². The summed E-state index contributed by atoms with van der Waals surface area (Å²) in [6.45, 7) is 0.366. The Bertz CT molecular complexity index is 514. The van der Waals surface area contributed by atoms with Crippen LogP contribution in [0.1, 0.15) is 23.2 Å². The van der Waals surface area contributed by atoms with Crippen molar-refractivity contribution in [1.29, 1.82) is 0 Å². The van der Waals surface area contributed by atoms with E-state index in [-0.39, 0.29) is 17.7 Å². The molecule has 20 heavy (non-hydrogen) atoms. The molecule has 6 nitrogen and oxygen atoms in total. The first-order chi connectivity index (χ1) is 9.60. The van der Waals surface area contributed by atoms with Gasteiger partial charge < -0.3 is 15.4 Å². The maximum Gasteiger partial charge on any atom is 0.337 e. The molecule has 0 aliphatic carbocycles. The van der Waals surface area contributed by atoms with Crippen molar-refractivity contribution in [2.45, 2.75) is 12.8 Å². The lowest BCUT2D eigenvalue weighted by atomic mass is 9.98. The van der Waals surface area contributed by atoms with Gasteiger partial charge in [-0.25, -0.2) is 4.79 Å². The monoisotopic (exact) mass is 276 g/mol. The molecule has 1 aliphatic heterocycles. The average molecular weight is 276 g/mol. The molecular formula is C14H16N2O4. The normalized spacial score (nSPS) is 18.1. The molecule has 1 fully saturated rings. The first-order valence-electron chi connectivity index (χ1n) is 6.36. The molecule has 1 aliphatic rings. The molecule has 1 aromatic carbocycles. The minimum Gasteiger partial charge on any atom is -0.465 e. The van der Waals surface area contributed by atoms with E-state index in [1.54, 1.807) is 24.3 Å². The standard InChI is InChI=1S/C14H16N2O4/c1-20-14(19)9-2-5-11(6-3-9)16-13(18)10-4-7-12(17)15-8-10/h2-3,5-6,10H,4,7-8H2,1H3,(H,15,17)(H,16,18). The Balaban J connectivity index is 1.94. The maximum absolute atomic E-state index is 12.0. The van der Waals surface area contributed by atoms with Gasteiger partial charge in [-0.1, -0.05) is 0 Å². The number of carbonyl (C=O) groups excluding carboxylic acids is 3. The summed E-state index contributed by atoms with van der Waals surface area (Å²) in [5.41, 5.74) is 1.04. The highest BCUT2D eigenvalue weighted by Crippen LogP contribution is 2.15. The Morgan fingerprint density at radius 2 is 2.00 bits per heavy atom. The molecule has 0 spiro atoms. The molecule has 0 radical (unpaired) electrons. The van der Waals surface area contributed by atoms with Crippen LogP contribution in [0.2, 0.25) is 0 Å². The van der Waals surface area contributed by atoms with E-state index in [0.29, 0.717) is 30.6 Å². The highest BCUT2D eigenvalue weighted by Gasteiger charge is 2.24. The number of carbonyl (C=O) groups is 3. The summed E-state index contributed by atoms with van der Waals surface area (Å²) >= 11 is 0. The van der Waals surface area contributed by atoms with Crippen LogP contribution in [0, 0.1) is 5.92 Å². The largest absolute Gasteiger partial charge is 0.465 e. The second-order valence-corrected chi connectivity index (χ2v) is 4.60. The van der Waals surface area contributed by atoms with Crippen LogP contribution in [-0.4, -0.2) is 31.4 Å². The smallest absolute Gasteiger partial charge is 0.337 e. The van der Waals surface area contributed by atoms with E-state index < -0.39 is 5.97 Å². The quantitative estimate of drug-likeness (QED) is 0.805. The number of rotatable bonds is 3. The van der Waals surface area contributed by atoms with Gasteiger partial charge in [0.1, 0.15) is 0 Å². The van der Waals surface area contributed by atoms with Gasteiger partial charge >= 0.3 is 5.97 Å². The van der Waals surface area contributed by atoms with Gasteiger partial charge in [0.05, 0.1) is 18.6 Å². The van der Waals surface area contributed by atoms with Crippen molar-refractivity contribution < 1.29 is 19.1 Å². The molecule has 1 saturated heterocycles. The van der Waals surface area contributed by atoms with Crippen molar-refractivity contribution in [3.8, 4) is 0 Å². The fourth-order valence-corrected chi connectivity index (χ4v) is 2.01. The summed E-state index contributed by atoms with van der Waals surface area (Å²) in [5, 5.41) is 5.44. The molecule has 2 N–H and O–H groups in total. The number of anilines is 1. The second-order valence-electron chi connectivity index (χ2n) is 4.60. The number of amides is 2. The van der Waals surface area contributed by atoms with E-state index in [1.807, 2.05) is 0 Å². The molecule has 1 heterocycles. The van der Waals surface area contributed by atoms with E-state index in [1.165, 1.54) is 7.11 Å². The van der Waals surface area contributed by atoms with Crippen molar-refractivity contribution in [3.63, 3.8) is 0 Å². The van der Waals surface area contributed by atoms with Gasteiger partial charge in [-0.15, -0.1) is 0 Å². The summed E-state index contributed by atoms with van der Waals surface area (Å²) in [6, 6.07) is 6.46. The highest BCUT2D eigenvalue weighted by molar-refractivity contribution is 5.95. The summed E-state index contributed by atoms with van der Waals surface area (Å²) in [5.74, 6) is -0.779. The lowest BCUT2D eigenvalue weighted by Gasteiger charge is -2.21. The molecule has 0 saturated carbocycles. The lowest BCUT2D eigenvalue weighted by molar-refractivity contribution is -0.126. The number of ether oxygens (including phenoxy) is 1. The van der Waals surface area contributed by atoms with Gasteiger partial charge in [0.2, 0.25) is 11.8 Å². The molecule has 2 amide bonds. The zero-order chi connectivity index (χ0) is 14.5. The Kier molecular flexibility index (Phi) is 4.34. The van der Waals surface area contributed by atoms with Gasteiger partial charge in [-0.3, -0.25) is 9.59 Å².